The Morgan fingerprint density at radius 2 is 1.66 bits per heavy atom. The SMILES string of the molecule is CCCCCCCCCCCc1ccc(-c2noc(C3(NC(=O)O)CC3)n2)cc1. The number of hydrogen-bond donors (Lipinski definition) is 2. The number of nitrogens with zero attached hydrogens (tertiary/aromatic N) is 2. The van der Waals surface area contributed by atoms with Crippen molar-refractivity contribution in [3.8, 4) is 11.4 Å². The average Bonchev–Trinajstić information content (AvgIpc) is 3.30. The van der Waals surface area contributed by atoms with Crippen molar-refractivity contribution in [3.63, 3.8) is 0 Å². The van der Waals surface area contributed by atoms with E-state index in [0.717, 1.165) is 12.0 Å². The van der Waals surface area contributed by atoms with Gasteiger partial charge in [0.2, 0.25) is 5.82 Å². The topological polar surface area (TPSA) is 88.2 Å². The van der Waals surface area contributed by atoms with E-state index in [0.29, 0.717) is 24.6 Å². The molecule has 6 heteroatoms. The molecule has 158 valence electrons. The molecule has 1 aliphatic rings. The van der Waals surface area contributed by atoms with Crippen molar-refractivity contribution >= 4 is 6.09 Å². The molecule has 1 saturated carbocycles. The van der Waals surface area contributed by atoms with E-state index >= 15 is 0 Å². The first-order chi connectivity index (χ1) is 14.1. The molecule has 0 bridgehead atoms. The van der Waals surface area contributed by atoms with Crippen LogP contribution in [0.15, 0.2) is 28.8 Å². The Morgan fingerprint density at radius 1 is 1.03 bits per heavy atom. The monoisotopic (exact) mass is 399 g/mol. The fraction of sp³-hybridized carbons (Fsp3) is 0.609. The third kappa shape index (κ3) is 6.31. The van der Waals surface area contributed by atoms with Gasteiger partial charge in [-0.15, -0.1) is 0 Å². The molecule has 1 fully saturated rings. The van der Waals surface area contributed by atoms with Gasteiger partial charge in [-0.25, -0.2) is 4.79 Å². The highest BCUT2D eigenvalue weighted by molar-refractivity contribution is 5.66. The van der Waals surface area contributed by atoms with Crippen molar-refractivity contribution < 1.29 is 14.4 Å². The Kier molecular flexibility index (Phi) is 7.67. The van der Waals surface area contributed by atoms with E-state index in [1.807, 2.05) is 12.1 Å². The lowest BCUT2D eigenvalue weighted by Gasteiger charge is -2.08. The first kappa shape index (κ1) is 21.3. The number of nitrogens with one attached hydrogen (secondary N) is 1. The zero-order valence-electron chi connectivity index (χ0n) is 17.5. The minimum Gasteiger partial charge on any atom is -0.465 e. The molecule has 1 amide bonds. The summed E-state index contributed by atoms with van der Waals surface area (Å²) in [6, 6.07) is 8.28. The molecule has 1 aromatic carbocycles. The van der Waals surface area contributed by atoms with Crippen LogP contribution < -0.4 is 5.32 Å². The highest BCUT2D eigenvalue weighted by Gasteiger charge is 2.51. The number of unbranched alkanes of at least 4 members (excludes halogenated alkanes) is 8. The van der Waals surface area contributed by atoms with E-state index < -0.39 is 11.6 Å². The van der Waals surface area contributed by atoms with E-state index in [9.17, 15) is 4.79 Å². The van der Waals surface area contributed by atoms with Gasteiger partial charge in [0, 0.05) is 5.56 Å². The lowest BCUT2D eigenvalue weighted by Crippen LogP contribution is -2.33. The van der Waals surface area contributed by atoms with Gasteiger partial charge in [0.15, 0.2) is 0 Å². The molecule has 0 radical (unpaired) electrons. The highest BCUT2D eigenvalue weighted by Crippen LogP contribution is 2.45. The van der Waals surface area contributed by atoms with Crippen LogP contribution >= 0.6 is 0 Å². The summed E-state index contributed by atoms with van der Waals surface area (Å²) in [6.45, 7) is 2.26. The standard InChI is InChI=1S/C23H33N3O3/c1-2-3-4-5-6-7-8-9-10-11-18-12-14-19(15-13-18)20-24-21(29-26-20)23(16-17-23)25-22(27)28/h12-15,25H,2-11,16-17H2,1H3,(H,27,28). The molecule has 6 nitrogen and oxygen atoms in total. The average molecular weight is 400 g/mol. The van der Waals surface area contributed by atoms with Crippen LogP contribution in [0.5, 0.6) is 0 Å². The van der Waals surface area contributed by atoms with Crippen LogP contribution in [0.1, 0.15) is 89.0 Å². The molecule has 1 heterocycles. The second kappa shape index (κ2) is 10.4. The van der Waals surface area contributed by atoms with Gasteiger partial charge in [-0.3, -0.25) is 0 Å². The number of aromatic nitrogens is 2. The van der Waals surface area contributed by atoms with Gasteiger partial charge in [0.05, 0.1) is 0 Å². The van der Waals surface area contributed by atoms with Crippen LogP contribution in [-0.2, 0) is 12.0 Å². The molecular formula is C23H33N3O3. The minimum atomic E-state index is -1.07. The predicted molar refractivity (Wildman–Crippen MR) is 113 cm³/mol. The Balaban J connectivity index is 1.40. The van der Waals surface area contributed by atoms with Crippen molar-refractivity contribution in [3.05, 3.63) is 35.7 Å². The molecule has 2 aromatic rings. The summed E-state index contributed by atoms with van der Waals surface area (Å²) in [5, 5.41) is 15.5. The van der Waals surface area contributed by atoms with Gasteiger partial charge >= 0.3 is 6.09 Å². The summed E-state index contributed by atoms with van der Waals surface area (Å²) in [5.41, 5.74) is 1.53. The third-order valence-corrected chi connectivity index (χ3v) is 5.71. The van der Waals surface area contributed by atoms with Gasteiger partial charge in [-0.05, 0) is 31.2 Å². The van der Waals surface area contributed by atoms with Gasteiger partial charge in [-0.1, -0.05) is 87.7 Å². The van der Waals surface area contributed by atoms with Crippen molar-refractivity contribution in [2.45, 2.75) is 89.5 Å². The Bertz CT molecular complexity index is 766. The van der Waals surface area contributed by atoms with Crippen LogP contribution in [0.25, 0.3) is 11.4 Å². The van der Waals surface area contributed by atoms with Crippen molar-refractivity contribution in [1.82, 2.24) is 15.5 Å². The fourth-order valence-corrected chi connectivity index (χ4v) is 3.72. The first-order valence-electron chi connectivity index (χ1n) is 11.1. The molecule has 1 aliphatic carbocycles. The number of carbonyl (C=O) groups is 1. The molecule has 0 saturated heterocycles. The predicted octanol–water partition coefficient (Wildman–Crippen LogP) is 6.07. The van der Waals surface area contributed by atoms with E-state index in [2.05, 4.69) is 34.5 Å². The molecule has 29 heavy (non-hydrogen) atoms. The smallest absolute Gasteiger partial charge is 0.405 e. The van der Waals surface area contributed by atoms with Crippen molar-refractivity contribution in [1.29, 1.82) is 0 Å². The fourth-order valence-electron chi connectivity index (χ4n) is 3.72. The first-order valence-corrected chi connectivity index (χ1v) is 11.1. The zero-order chi connectivity index (χ0) is 20.5. The van der Waals surface area contributed by atoms with Crippen LogP contribution in [0, 0.1) is 0 Å². The van der Waals surface area contributed by atoms with Crippen LogP contribution in [0.2, 0.25) is 0 Å². The van der Waals surface area contributed by atoms with Crippen molar-refractivity contribution in [2.24, 2.45) is 0 Å². The second-order valence-corrected chi connectivity index (χ2v) is 8.21. The lowest BCUT2D eigenvalue weighted by atomic mass is 10.0. The lowest BCUT2D eigenvalue weighted by molar-refractivity contribution is 0.183. The summed E-state index contributed by atoms with van der Waals surface area (Å²) >= 11 is 0. The molecule has 1 aromatic heterocycles. The summed E-state index contributed by atoms with van der Waals surface area (Å²) < 4.78 is 5.32. The third-order valence-electron chi connectivity index (χ3n) is 5.71. The number of carboxylic acid groups (broad SMARTS) is 1. The second-order valence-electron chi connectivity index (χ2n) is 8.21. The largest absolute Gasteiger partial charge is 0.465 e. The summed E-state index contributed by atoms with van der Waals surface area (Å²) in [5.74, 6) is 0.863. The number of rotatable bonds is 13. The van der Waals surface area contributed by atoms with Crippen LogP contribution in [0.4, 0.5) is 4.79 Å². The number of benzene rings is 1. The summed E-state index contributed by atoms with van der Waals surface area (Å²) in [4.78, 5) is 15.4. The number of aryl methyl sites for hydroxylation is 1. The maximum absolute atomic E-state index is 10.9. The molecule has 0 unspecified atom stereocenters. The molecule has 2 N–H and O–H groups in total. The van der Waals surface area contributed by atoms with E-state index in [-0.39, 0.29) is 0 Å². The van der Waals surface area contributed by atoms with E-state index in [1.165, 1.54) is 63.4 Å². The number of hydrogen-bond acceptors (Lipinski definition) is 4. The van der Waals surface area contributed by atoms with Crippen LogP contribution in [0.3, 0.4) is 0 Å². The van der Waals surface area contributed by atoms with Gasteiger partial charge in [0.25, 0.3) is 5.89 Å². The van der Waals surface area contributed by atoms with E-state index in [4.69, 9.17) is 9.63 Å². The van der Waals surface area contributed by atoms with Crippen molar-refractivity contribution in [2.75, 3.05) is 0 Å². The van der Waals surface area contributed by atoms with Gasteiger partial charge < -0.3 is 14.9 Å². The number of amides is 1. The maximum Gasteiger partial charge on any atom is 0.405 e. The Labute approximate surface area is 173 Å². The summed E-state index contributed by atoms with van der Waals surface area (Å²) in [7, 11) is 0. The minimum absolute atomic E-state index is 0.355. The van der Waals surface area contributed by atoms with Crippen LogP contribution in [-0.4, -0.2) is 21.3 Å². The zero-order valence-corrected chi connectivity index (χ0v) is 17.5. The molecule has 3 rings (SSSR count). The Hall–Kier alpha value is -2.37. The van der Waals surface area contributed by atoms with Gasteiger partial charge in [0.1, 0.15) is 5.54 Å². The normalized spacial score (nSPS) is 14.7. The highest BCUT2D eigenvalue weighted by atomic mass is 16.5. The molecule has 0 aliphatic heterocycles. The quantitative estimate of drug-likeness (QED) is 0.399. The van der Waals surface area contributed by atoms with E-state index in [1.54, 1.807) is 0 Å². The molecule has 0 spiro atoms. The maximum atomic E-state index is 10.9. The molecule has 0 atom stereocenters. The van der Waals surface area contributed by atoms with Gasteiger partial charge in [-0.2, -0.15) is 4.98 Å². The summed E-state index contributed by atoms with van der Waals surface area (Å²) in [6.07, 6.45) is 13.5. The molecular weight excluding hydrogens is 366 g/mol. The Morgan fingerprint density at radius 3 is 2.24 bits per heavy atom.